The Morgan fingerprint density at radius 3 is 2.80 bits per heavy atom. The molecule has 1 aliphatic rings. The molecule has 60 valence electrons. The zero-order chi connectivity index (χ0) is 7.61. The molecule has 0 amide bonds. The Kier molecular flexibility index (Phi) is 2.64. The summed E-state index contributed by atoms with van der Waals surface area (Å²) >= 11 is 4.57. The average Bonchev–Trinajstić information content (AvgIpc) is 1.96. The van der Waals surface area contributed by atoms with Crippen molar-refractivity contribution in [2.45, 2.75) is 31.9 Å². The minimum Gasteiger partial charge on any atom is -0.317 e. The smallest absolute Gasteiger partial charge is 0.00805 e. The largest absolute Gasteiger partial charge is 0.317 e. The van der Waals surface area contributed by atoms with Gasteiger partial charge in [0.05, 0.1) is 0 Å². The van der Waals surface area contributed by atoms with Crippen LogP contribution in [0.1, 0.15) is 26.7 Å². The van der Waals surface area contributed by atoms with Crippen LogP contribution in [-0.4, -0.2) is 18.3 Å². The average molecular weight is 159 g/mol. The molecule has 1 fully saturated rings. The Morgan fingerprint density at radius 1 is 1.40 bits per heavy atom. The van der Waals surface area contributed by atoms with E-state index < -0.39 is 0 Å². The number of hydrogen-bond acceptors (Lipinski definition) is 2. The molecule has 1 aliphatic heterocycles. The number of thiol groups is 1. The molecule has 0 bridgehead atoms. The first-order chi connectivity index (χ1) is 4.63. The molecule has 0 aliphatic carbocycles. The molecule has 2 heteroatoms. The Morgan fingerprint density at radius 2 is 2.10 bits per heavy atom. The molecule has 0 aromatic carbocycles. The van der Waals surface area contributed by atoms with Gasteiger partial charge in [-0.25, -0.2) is 0 Å². The maximum Gasteiger partial charge on any atom is 0.00805 e. The highest BCUT2D eigenvalue weighted by Crippen LogP contribution is 2.31. The summed E-state index contributed by atoms with van der Waals surface area (Å²) in [5.41, 5.74) is 0.423. The lowest BCUT2D eigenvalue weighted by atomic mass is 9.85. The van der Waals surface area contributed by atoms with Gasteiger partial charge in [-0.05, 0) is 31.3 Å². The van der Waals surface area contributed by atoms with Gasteiger partial charge in [-0.3, -0.25) is 0 Å². The number of rotatable bonds is 0. The van der Waals surface area contributed by atoms with E-state index in [1.165, 1.54) is 12.8 Å². The van der Waals surface area contributed by atoms with Crippen molar-refractivity contribution >= 4 is 12.6 Å². The molecule has 10 heavy (non-hydrogen) atoms. The molecular weight excluding hydrogens is 142 g/mol. The zero-order valence-electron chi connectivity index (χ0n) is 6.85. The summed E-state index contributed by atoms with van der Waals surface area (Å²) in [4.78, 5) is 0. The Hall–Kier alpha value is 0.310. The van der Waals surface area contributed by atoms with Gasteiger partial charge in [-0.2, -0.15) is 12.6 Å². The van der Waals surface area contributed by atoms with Gasteiger partial charge in [0.2, 0.25) is 0 Å². The van der Waals surface area contributed by atoms with Gasteiger partial charge >= 0.3 is 0 Å². The third-order valence-electron chi connectivity index (χ3n) is 2.44. The van der Waals surface area contributed by atoms with Gasteiger partial charge in [0.15, 0.2) is 0 Å². The van der Waals surface area contributed by atoms with E-state index in [4.69, 9.17) is 0 Å². The molecule has 0 saturated carbocycles. The van der Waals surface area contributed by atoms with E-state index in [0.717, 1.165) is 13.1 Å². The van der Waals surface area contributed by atoms with Crippen LogP contribution in [0.4, 0.5) is 0 Å². The van der Waals surface area contributed by atoms with Crippen molar-refractivity contribution in [1.29, 1.82) is 0 Å². The molecule has 0 aromatic heterocycles. The fourth-order valence-electron chi connectivity index (χ4n) is 1.33. The van der Waals surface area contributed by atoms with E-state index in [1.54, 1.807) is 0 Å². The first-order valence-electron chi connectivity index (χ1n) is 4.02. The van der Waals surface area contributed by atoms with Crippen molar-refractivity contribution < 1.29 is 0 Å². The van der Waals surface area contributed by atoms with Crippen LogP contribution in [0.2, 0.25) is 0 Å². The second kappa shape index (κ2) is 3.14. The third-order valence-corrected chi connectivity index (χ3v) is 3.40. The van der Waals surface area contributed by atoms with E-state index in [9.17, 15) is 0 Å². The van der Waals surface area contributed by atoms with E-state index in [0.29, 0.717) is 10.7 Å². The standard InChI is InChI=1S/C8H17NS/c1-8(2)4-6-9-5-3-7(8)10/h7,9-10H,3-6H2,1-2H3. The minimum absolute atomic E-state index is 0.423. The van der Waals surface area contributed by atoms with Gasteiger partial charge in [-0.15, -0.1) is 0 Å². The van der Waals surface area contributed by atoms with E-state index >= 15 is 0 Å². The van der Waals surface area contributed by atoms with Gasteiger partial charge < -0.3 is 5.32 Å². The Labute approximate surface area is 69.0 Å². The Bertz CT molecular complexity index is 112. The van der Waals surface area contributed by atoms with E-state index in [-0.39, 0.29) is 0 Å². The number of hydrogen-bond donors (Lipinski definition) is 2. The number of nitrogens with one attached hydrogen (secondary N) is 1. The Balaban J connectivity index is 2.52. The lowest BCUT2D eigenvalue weighted by Gasteiger charge is -2.28. The second-order valence-electron chi connectivity index (χ2n) is 3.79. The molecule has 1 unspecified atom stereocenters. The van der Waals surface area contributed by atoms with Crippen LogP contribution < -0.4 is 5.32 Å². The maximum absolute atomic E-state index is 4.57. The molecule has 1 heterocycles. The van der Waals surface area contributed by atoms with Crippen molar-refractivity contribution in [1.82, 2.24) is 5.32 Å². The van der Waals surface area contributed by atoms with E-state index in [1.807, 2.05) is 0 Å². The van der Waals surface area contributed by atoms with Crippen molar-refractivity contribution in [3.63, 3.8) is 0 Å². The first kappa shape index (κ1) is 8.41. The van der Waals surface area contributed by atoms with Gasteiger partial charge in [0, 0.05) is 5.25 Å². The SMILES string of the molecule is CC1(C)CCNCCC1S. The van der Waals surface area contributed by atoms with Crippen LogP contribution >= 0.6 is 12.6 Å². The summed E-state index contributed by atoms with van der Waals surface area (Å²) in [6, 6.07) is 0. The lowest BCUT2D eigenvalue weighted by molar-refractivity contribution is 0.337. The summed E-state index contributed by atoms with van der Waals surface area (Å²) in [6.45, 7) is 6.90. The lowest BCUT2D eigenvalue weighted by Crippen LogP contribution is -2.24. The summed E-state index contributed by atoms with van der Waals surface area (Å²) in [6.07, 6.45) is 2.46. The third kappa shape index (κ3) is 1.89. The normalized spacial score (nSPS) is 33.3. The molecular formula is C8H17NS. The van der Waals surface area contributed by atoms with Crippen molar-refractivity contribution in [3.8, 4) is 0 Å². The second-order valence-corrected chi connectivity index (χ2v) is 4.42. The highest BCUT2D eigenvalue weighted by molar-refractivity contribution is 7.81. The molecule has 1 N–H and O–H groups in total. The fourth-order valence-corrected chi connectivity index (χ4v) is 1.59. The van der Waals surface area contributed by atoms with Crippen molar-refractivity contribution in [2.75, 3.05) is 13.1 Å². The van der Waals surface area contributed by atoms with Crippen LogP contribution in [0.3, 0.4) is 0 Å². The summed E-state index contributed by atoms with van der Waals surface area (Å²) in [7, 11) is 0. The van der Waals surface area contributed by atoms with Gasteiger partial charge in [0.25, 0.3) is 0 Å². The first-order valence-corrected chi connectivity index (χ1v) is 4.53. The predicted molar refractivity (Wildman–Crippen MR) is 48.7 cm³/mol. The molecule has 1 nitrogen and oxygen atoms in total. The maximum atomic E-state index is 4.57. The van der Waals surface area contributed by atoms with Crippen molar-refractivity contribution in [3.05, 3.63) is 0 Å². The topological polar surface area (TPSA) is 12.0 Å². The van der Waals surface area contributed by atoms with Crippen LogP contribution in [0, 0.1) is 5.41 Å². The van der Waals surface area contributed by atoms with Crippen LogP contribution in [0.25, 0.3) is 0 Å². The molecule has 1 rings (SSSR count). The highest BCUT2D eigenvalue weighted by Gasteiger charge is 2.27. The molecule has 0 spiro atoms. The zero-order valence-corrected chi connectivity index (χ0v) is 7.75. The predicted octanol–water partition coefficient (Wildman–Crippen LogP) is 1.69. The van der Waals surface area contributed by atoms with Crippen LogP contribution in [-0.2, 0) is 0 Å². The fraction of sp³-hybridized carbons (Fsp3) is 1.00. The monoisotopic (exact) mass is 159 g/mol. The molecule has 0 radical (unpaired) electrons. The molecule has 1 atom stereocenters. The molecule has 1 saturated heterocycles. The van der Waals surface area contributed by atoms with Crippen LogP contribution in [0.5, 0.6) is 0 Å². The van der Waals surface area contributed by atoms with Gasteiger partial charge in [-0.1, -0.05) is 13.8 Å². The summed E-state index contributed by atoms with van der Waals surface area (Å²) in [5.74, 6) is 0. The van der Waals surface area contributed by atoms with Crippen LogP contribution in [0.15, 0.2) is 0 Å². The van der Waals surface area contributed by atoms with Crippen molar-refractivity contribution in [2.24, 2.45) is 5.41 Å². The summed E-state index contributed by atoms with van der Waals surface area (Å²) in [5, 5.41) is 3.96. The molecule has 0 aromatic rings. The summed E-state index contributed by atoms with van der Waals surface area (Å²) < 4.78 is 0. The van der Waals surface area contributed by atoms with Gasteiger partial charge in [0.1, 0.15) is 0 Å². The quantitative estimate of drug-likeness (QED) is 0.513. The highest BCUT2D eigenvalue weighted by atomic mass is 32.1. The minimum atomic E-state index is 0.423. The van der Waals surface area contributed by atoms with E-state index in [2.05, 4.69) is 31.8 Å².